The summed E-state index contributed by atoms with van der Waals surface area (Å²) in [6.45, 7) is 8.16. The second kappa shape index (κ2) is 8.02. The van der Waals surface area contributed by atoms with Crippen LogP contribution < -0.4 is 14.8 Å². The van der Waals surface area contributed by atoms with Crippen molar-refractivity contribution in [3.05, 3.63) is 24.3 Å². The van der Waals surface area contributed by atoms with E-state index in [2.05, 4.69) is 5.32 Å². The molecule has 1 aromatic carbocycles. The van der Waals surface area contributed by atoms with E-state index < -0.39 is 0 Å². The highest BCUT2D eigenvalue weighted by Crippen LogP contribution is 2.18. The average Bonchev–Trinajstić information content (AvgIpc) is 2.41. The molecule has 108 valence electrons. The van der Waals surface area contributed by atoms with Crippen LogP contribution in [0.2, 0.25) is 0 Å². The molecule has 0 saturated carbocycles. The van der Waals surface area contributed by atoms with E-state index in [0.717, 1.165) is 24.5 Å². The molecule has 0 aliphatic carbocycles. The van der Waals surface area contributed by atoms with Gasteiger partial charge in [-0.2, -0.15) is 0 Å². The molecule has 1 aromatic rings. The molecule has 4 heteroatoms. The normalized spacial score (nSPS) is 13.9. The van der Waals surface area contributed by atoms with Gasteiger partial charge in [0.25, 0.3) is 0 Å². The van der Waals surface area contributed by atoms with E-state index in [-0.39, 0.29) is 12.1 Å². The van der Waals surface area contributed by atoms with Gasteiger partial charge in [0.2, 0.25) is 0 Å². The highest BCUT2D eigenvalue weighted by Gasteiger charge is 2.21. The Bertz CT molecular complexity index is 353. The molecule has 0 aliphatic heterocycles. The fourth-order valence-electron chi connectivity index (χ4n) is 1.84. The first-order chi connectivity index (χ1) is 9.13. The summed E-state index contributed by atoms with van der Waals surface area (Å²) < 4.78 is 11.0. The highest BCUT2D eigenvalue weighted by molar-refractivity contribution is 5.31. The van der Waals surface area contributed by atoms with Gasteiger partial charge in [0.05, 0.1) is 19.8 Å². The fraction of sp³-hybridized carbons (Fsp3) is 0.600. The van der Waals surface area contributed by atoms with Crippen LogP contribution in [0.4, 0.5) is 0 Å². The Hall–Kier alpha value is -1.26. The Balaban J connectivity index is 2.39. The molecule has 0 bridgehead atoms. The van der Waals surface area contributed by atoms with Crippen molar-refractivity contribution in [2.24, 2.45) is 0 Å². The summed E-state index contributed by atoms with van der Waals surface area (Å²) in [4.78, 5) is 0. The van der Waals surface area contributed by atoms with E-state index >= 15 is 0 Å². The molecule has 0 fully saturated rings. The quantitative estimate of drug-likeness (QED) is 0.720. The van der Waals surface area contributed by atoms with Crippen molar-refractivity contribution in [3.63, 3.8) is 0 Å². The topological polar surface area (TPSA) is 50.7 Å². The van der Waals surface area contributed by atoms with Crippen molar-refractivity contribution < 1.29 is 14.6 Å². The van der Waals surface area contributed by atoms with Crippen molar-refractivity contribution in [3.8, 4) is 11.5 Å². The molecule has 0 aromatic heterocycles. The number of aliphatic hydroxyl groups excluding tert-OH is 1. The summed E-state index contributed by atoms with van der Waals surface area (Å²) in [5, 5.41) is 12.6. The number of likely N-dealkylation sites (N-methyl/N-ethyl adjacent to an activating group) is 1. The number of rotatable bonds is 9. The molecule has 2 N–H and O–H groups in total. The molecule has 0 radical (unpaired) electrons. The monoisotopic (exact) mass is 267 g/mol. The van der Waals surface area contributed by atoms with Crippen LogP contribution >= 0.6 is 0 Å². The summed E-state index contributed by atoms with van der Waals surface area (Å²) in [6.07, 6.45) is 0.755. The molecule has 0 saturated heterocycles. The first-order valence-corrected chi connectivity index (χ1v) is 6.85. The Kier molecular flexibility index (Phi) is 6.67. The lowest BCUT2D eigenvalue weighted by molar-refractivity contribution is 0.146. The smallest absolute Gasteiger partial charge is 0.119 e. The van der Waals surface area contributed by atoms with E-state index in [0.29, 0.717) is 13.2 Å². The number of aliphatic hydroxyl groups is 1. The SMILES string of the molecule is CCNC(C)(CO)CCOc1ccc(OCC)cc1. The Labute approximate surface area is 115 Å². The van der Waals surface area contributed by atoms with Crippen LogP contribution in [-0.2, 0) is 0 Å². The van der Waals surface area contributed by atoms with Crippen LogP contribution in [0.15, 0.2) is 24.3 Å². The van der Waals surface area contributed by atoms with Crippen molar-refractivity contribution in [2.75, 3.05) is 26.4 Å². The van der Waals surface area contributed by atoms with Gasteiger partial charge in [-0.05, 0) is 44.7 Å². The second-order valence-corrected chi connectivity index (χ2v) is 4.75. The summed E-state index contributed by atoms with van der Waals surface area (Å²) in [5.41, 5.74) is -0.278. The number of hydrogen-bond acceptors (Lipinski definition) is 4. The van der Waals surface area contributed by atoms with E-state index in [1.807, 2.05) is 45.0 Å². The van der Waals surface area contributed by atoms with Gasteiger partial charge >= 0.3 is 0 Å². The zero-order chi connectivity index (χ0) is 14.1. The average molecular weight is 267 g/mol. The van der Waals surface area contributed by atoms with Crippen molar-refractivity contribution in [2.45, 2.75) is 32.7 Å². The Morgan fingerprint density at radius 2 is 1.68 bits per heavy atom. The molecule has 1 rings (SSSR count). The molecule has 1 atom stereocenters. The first-order valence-electron chi connectivity index (χ1n) is 6.85. The zero-order valence-electron chi connectivity index (χ0n) is 12.1. The zero-order valence-corrected chi connectivity index (χ0v) is 12.1. The molecule has 1 unspecified atom stereocenters. The third-order valence-corrected chi connectivity index (χ3v) is 3.01. The molecule has 19 heavy (non-hydrogen) atoms. The Morgan fingerprint density at radius 1 is 1.11 bits per heavy atom. The Morgan fingerprint density at radius 3 is 2.16 bits per heavy atom. The largest absolute Gasteiger partial charge is 0.494 e. The summed E-state index contributed by atoms with van der Waals surface area (Å²) in [6, 6.07) is 7.59. The van der Waals surface area contributed by atoms with Gasteiger partial charge in [-0.3, -0.25) is 0 Å². The molecule has 0 amide bonds. The standard InChI is InChI=1S/C15H25NO3/c1-4-16-15(3,12-17)10-11-19-14-8-6-13(7-9-14)18-5-2/h6-9,16-17H,4-5,10-12H2,1-3H3. The minimum atomic E-state index is -0.278. The number of hydrogen-bond donors (Lipinski definition) is 2. The minimum Gasteiger partial charge on any atom is -0.494 e. The highest BCUT2D eigenvalue weighted by atomic mass is 16.5. The van der Waals surface area contributed by atoms with Crippen LogP contribution in [0.5, 0.6) is 11.5 Å². The van der Waals surface area contributed by atoms with E-state index in [4.69, 9.17) is 9.47 Å². The summed E-state index contributed by atoms with van der Waals surface area (Å²) >= 11 is 0. The molecule has 0 aliphatic rings. The number of nitrogens with one attached hydrogen (secondary N) is 1. The lowest BCUT2D eigenvalue weighted by Crippen LogP contribution is -2.46. The maximum absolute atomic E-state index is 9.37. The van der Waals surface area contributed by atoms with Crippen LogP contribution in [0.1, 0.15) is 27.2 Å². The lowest BCUT2D eigenvalue weighted by atomic mass is 10.00. The van der Waals surface area contributed by atoms with Crippen molar-refractivity contribution >= 4 is 0 Å². The first kappa shape index (κ1) is 15.8. The maximum atomic E-state index is 9.37. The number of ether oxygens (including phenoxy) is 2. The minimum absolute atomic E-state index is 0.105. The van der Waals surface area contributed by atoms with E-state index in [1.165, 1.54) is 0 Å². The predicted octanol–water partition coefficient (Wildman–Crippen LogP) is 2.21. The third-order valence-electron chi connectivity index (χ3n) is 3.01. The second-order valence-electron chi connectivity index (χ2n) is 4.75. The lowest BCUT2D eigenvalue weighted by Gasteiger charge is -2.28. The molecule has 0 spiro atoms. The van der Waals surface area contributed by atoms with Gasteiger partial charge in [-0.1, -0.05) is 6.92 Å². The summed E-state index contributed by atoms with van der Waals surface area (Å²) in [7, 11) is 0. The van der Waals surface area contributed by atoms with Crippen LogP contribution in [-0.4, -0.2) is 37.0 Å². The van der Waals surface area contributed by atoms with Crippen molar-refractivity contribution in [1.82, 2.24) is 5.32 Å². The predicted molar refractivity (Wildman–Crippen MR) is 76.9 cm³/mol. The van der Waals surface area contributed by atoms with Crippen LogP contribution in [0.3, 0.4) is 0 Å². The van der Waals surface area contributed by atoms with E-state index in [9.17, 15) is 5.11 Å². The molecular formula is C15H25NO3. The van der Waals surface area contributed by atoms with Gasteiger partial charge in [0, 0.05) is 12.0 Å². The van der Waals surface area contributed by atoms with Gasteiger partial charge in [0.1, 0.15) is 11.5 Å². The maximum Gasteiger partial charge on any atom is 0.119 e. The number of benzene rings is 1. The van der Waals surface area contributed by atoms with Crippen molar-refractivity contribution in [1.29, 1.82) is 0 Å². The molecule has 4 nitrogen and oxygen atoms in total. The fourth-order valence-corrected chi connectivity index (χ4v) is 1.84. The van der Waals surface area contributed by atoms with Crippen LogP contribution in [0.25, 0.3) is 0 Å². The third kappa shape index (κ3) is 5.49. The van der Waals surface area contributed by atoms with Gasteiger partial charge in [-0.25, -0.2) is 0 Å². The van der Waals surface area contributed by atoms with Gasteiger partial charge in [0.15, 0.2) is 0 Å². The molecular weight excluding hydrogens is 242 g/mol. The summed E-state index contributed by atoms with van der Waals surface area (Å²) in [5.74, 6) is 1.67. The van der Waals surface area contributed by atoms with E-state index in [1.54, 1.807) is 0 Å². The van der Waals surface area contributed by atoms with Gasteiger partial charge in [-0.15, -0.1) is 0 Å². The molecule has 0 heterocycles. The van der Waals surface area contributed by atoms with Gasteiger partial charge < -0.3 is 19.9 Å². The van der Waals surface area contributed by atoms with Crippen LogP contribution in [0, 0.1) is 0 Å².